The summed E-state index contributed by atoms with van der Waals surface area (Å²) in [4.78, 5) is 18.9. The predicted molar refractivity (Wildman–Crippen MR) is 119 cm³/mol. The van der Waals surface area contributed by atoms with Gasteiger partial charge in [0.05, 0.1) is 11.3 Å². The van der Waals surface area contributed by atoms with Gasteiger partial charge in [0, 0.05) is 53.5 Å². The van der Waals surface area contributed by atoms with Crippen molar-refractivity contribution in [1.29, 1.82) is 5.26 Å². The number of H-pyrrole nitrogens is 1. The van der Waals surface area contributed by atoms with E-state index in [1.54, 1.807) is 19.4 Å². The third-order valence-electron chi connectivity index (χ3n) is 5.01. The van der Waals surface area contributed by atoms with Crippen molar-refractivity contribution in [2.24, 2.45) is 0 Å². The minimum Gasteiger partial charge on any atom is -0.361 e. The number of nitrogens with zero attached hydrogens (tertiary/aromatic N) is 2. The molecule has 2 heterocycles. The van der Waals surface area contributed by atoms with E-state index in [1.807, 2.05) is 55.6 Å². The Kier molecular flexibility index (Phi) is 5.06. The molecule has 4 aromatic rings. The number of aryl methyl sites for hydroxylation is 1. The number of aromatic amines is 1. The number of urea groups is 1. The lowest BCUT2D eigenvalue weighted by atomic mass is 10.0. The van der Waals surface area contributed by atoms with Gasteiger partial charge in [0.2, 0.25) is 0 Å². The lowest BCUT2D eigenvalue weighted by Crippen LogP contribution is -2.24. The van der Waals surface area contributed by atoms with Gasteiger partial charge in [0.1, 0.15) is 6.07 Å². The first kappa shape index (κ1) is 19.0. The summed E-state index contributed by atoms with van der Waals surface area (Å²) in [7, 11) is 1.56. The van der Waals surface area contributed by atoms with Crippen LogP contribution in [0.15, 0.2) is 61.1 Å². The fourth-order valence-corrected chi connectivity index (χ4v) is 3.38. The average molecular weight is 396 g/mol. The fourth-order valence-electron chi connectivity index (χ4n) is 3.38. The van der Waals surface area contributed by atoms with E-state index in [0.29, 0.717) is 16.9 Å². The molecule has 0 saturated heterocycles. The van der Waals surface area contributed by atoms with Crippen LogP contribution in [0.2, 0.25) is 0 Å². The number of fused-ring (bicyclic) bond motifs is 1. The molecular weight excluding hydrogens is 376 g/mol. The van der Waals surface area contributed by atoms with Crippen LogP contribution in [0.1, 0.15) is 11.1 Å². The summed E-state index contributed by atoms with van der Waals surface area (Å²) in [6.45, 7) is 2.05. The van der Waals surface area contributed by atoms with E-state index in [-0.39, 0.29) is 6.03 Å². The third-order valence-corrected chi connectivity index (χ3v) is 5.01. The van der Waals surface area contributed by atoms with E-state index >= 15 is 0 Å². The molecule has 2 aromatic carbocycles. The van der Waals surface area contributed by atoms with Crippen molar-refractivity contribution >= 4 is 34.0 Å². The first-order chi connectivity index (χ1) is 14.6. The first-order valence-electron chi connectivity index (χ1n) is 9.41. The molecule has 0 atom stereocenters. The van der Waals surface area contributed by atoms with E-state index in [4.69, 9.17) is 0 Å². The molecule has 0 saturated carbocycles. The molecule has 4 N–H and O–H groups in total. The highest BCUT2D eigenvalue weighted by atomic mass is 16.2. The minimum absolute atomic E-state index is 0.283. The van der Waals surface area contributed by atoms with Gasteiger partial charge in [-0.25, -0.2) is 4.79 Å². The van der Waals surface area contributed by atoms with Gasteiger partial charge in [-0.1, -0.05) is 12.1 Å². The molecule has 0 radical (unpaired) electrons. The summed E-state index contributed by atoms with van der Waals surface area (Å²) in [5.41, 5.74) is 6.57. The number of hydrogen-bond donors (Lipinski definition) is 4. The van der Waals surface area contributed by atoms with Crippen LogP contribution in [0.25, 0.3) is 22.0 Å². The molecular formula is C23H20N6O. The summed E-state index contributed by atoms with van der Waals surface area (Å²) in [5.74, 6) is 0. The second-order valence-electron chi connectivity index (χ2n) is 6.80. The molecule has 148 valence electrons. The van der Waals surface area contributed by atoms with Gasteiger partial charge < -0.3 is 20.9 Å². The third kappa shape index (κ3) is 3.54. The van der Waals surface area contributed by atoms with Crippen molar-refractivity contribution in [3.8, 4) is 17.2 Å². The molecule has 7 nitrogen and oxygen atoms in total. The fraction of sp³-hybridized carbons (Fsp3) is 0.0870. The molecule has 0 aliphatic heterocycles. The second-order valence-corrected chi connectivity index (χ2v) is 6.80. The monoisotopic (exact) mass is 396 g/mol. The van der Waals surface area contributed by atoms with E-state index < -0.39 is 0 Å². The van der Waals surface area contributed by atoms with Gasteiger partial charge in [-0.2, -0.15) is 5.26 Å². The summed E-state index contributed by atoms with van der Waals surface area (Å²) < 4.78 is 0. The number of nitriles is 1. The standard InChI is InChI=1S/C23H20N6O/c1-14-18-9-10-27-21(18)8-7-20(14)29-22-16(11-24)12-26-13-19(22)15-3-5-17(6-4-15)28-23(30)25-2/h3-10,12-13,27H,1-2H3,(H,26,29)(H2,25,28,30). The number of amides is 2. The van der Waals surface area contributed by atoms with Crippen molar-refractivity contribution in [3.05, 3.63) is 72.2 Å². The van der Waals surface area contributed by atoms with E-state index in [9.17, 15) is 10.1 Å². The summed E-state index contributed by atoms with van der Waals surface area (Å²) >= 11 is 0. The van der Waals surface area contributed by atoms with Crippen LogP contribution < -0.4 is 16.0 Å². The molecule has 4 rings (SSSR count). The van der Waals surface area contributed by atoms with Gasteiger partial charge in [-0.05, 0) is 48.4 Å². The van der Waals surface area contributed by atoms with Crippen LogP contribution >= 0.6 is 0 Å². The van der Waals surface area contributed by atoms with Gasteiger partial charge in [-0.15, -0.1) is 0 Å². The smallest absolute Gasteiger partial charge is 0.318 e. The number of hydrogen-bond acceptors (Lipinski definition) is 4. The Labute approximate surface area is 173 Å². The normalized spacial score (nSPS) is 10.4. The maximum Gasteiger partial charge on any atom is 0.318 e. The Morgan fingerprint density at radius 3 is 2.63 bits per heavy atom. The van der Waals surface area contributed by atoms with Crippen LogP contribution in [-0.4, -0.2) is 23.0 Å². The minimum atomic E-state index is -0.283. The number of benzene rings is 2. The zero-order valence-corrected chi connectivity index (χ0v) is 16.6. The molecule has 2 aromatic heterocycles. The molecule has 2 amide bonds. The number of rotatable bonds is 4. The largest absolute Gasteiger partial charge is 0.361 e. The molecule has 0 unspecified atom stereocenters. The van der Waals surface area contributed by atoms with Gasteiger partial charge in [0.25, 0.3) is 0 Å². The first-order valence-corrected chi connectivity index (χ1v) is 9.41. The Morgan fingerprint density at radius 1 is 1.10 bits per heavy atom. The van der Waals surface area contributed by atoms with Crippen LogP contribution in [0.4, 0.5) is 21.9 Å². The van der Waals surface area contributed by atoms with Crippen molar-refractivity contribution in [1.82, 2.24) is 15.3 Å². The van der Waals surface area contributed by atoms with Gasteiger partial charge >= 0.3 is 6.03 Å². The molecule has 0 aliphatic rings. The van der Waals surface area contributed by atoms with Crippen molar-refractivity contribution < 1.29 is 4.79 Å². The zero-order chi connectivity index (χ0) is 21.1. The Morgan fingerprint density at radius 2 is 1.90 bits per heavy atom. The number of pyridine rings is 1. The number of carbonyl (C=O) groups is 1. The van der Waals surface area contributed by atoms with Crippen molar-refractivity contribution in [3.63, 3.8) is 0 Å². The zero-order valence-electron chi connectivity index (χ0n) is 16.6. The highest BCUT2D eigenvalue weighted by molar-refractivity contribution is 5.92. The summed E-state index contributed by atoms with van der Waals surface area (Å²) in [6, 6.07) is 15.4. The van der Waals surface area contributed by atoms with Crippen LogP contribution in [0.3, 0.4) is 0 Å². The molecule has 0 spiro atoms. The van der Waals surface area contributed by atoms with E-state index in [1.165, 1.54) is 0 Å². The average Bonchev–Trinajstić information content (AvgIpc) is 3.26. The van der Waals surface area contributed by atoms with Crippen LogP contribution in [-0.2, 0) is 0 Å². The van der Waals surface area contributed by atoms with Crippen molar-refractivity contribution in [2.75, 3.05) is 17.7 Å². The second kappa shape index (κ2) is 7.97. The summed E-state index contributed by atoms with van der Waals surface area (Å²) in [6.07, 6.45) is 5.19. The van der Waals surface area contributed by atoms with E-state index in [0.717, 1.165) is 33.3 Å². The molecule has 7 heteroatoms. The van der Waals surface area contributed by atoms with E-state index in [2.05, 4.69) is 32.0 Å². The number of nitrogens with one attached hydrogen (secondary N) is 4. The Hall–Kier alpha value is -4.31. The lowest BCUT2D eigenvalue weighted by molar-refractivity contribution is 0.254. The summed E-state index contributed by atoms with van der Waals surface area (Å²) in [5, 5.41) is 19.5. The SMILES string of the molecule is CNC(=O)Nc1ccc(-c2cncc(C#N)c2Nc2ccc3[nH]ccc3c2C)cc1. The quantitative estimate of drug-likeness (QED) is 0.393. The van der Waals surface area contributed by atoms with Crippen molar-refractivity contribution in [2.45, 2.75) is 6.92 Å². The predicted octanol–water partition coefficient (Wildman–Crippen LogP) is 4.90. The lowest BCUT2D eigenvalue weighted by Gasteiger charge is -2.16. The molecule has 30 heavy (non-hydrogen) atoms. The highest BCUT2D eigenvalue weighted by Crippen LogP contribution is 2.35. The number of aromatic nitrogens is 2. The van der Waals surface area contributed by atoms with Gasteiger partial charge in [-0.3, -0.25) is 4.98 Å². The molecule has 0 bridgehead atoms. The molecule has 0 aliphatic carbocycles. The van der Waals surface area contributed by atoms with Crippen LogP contribution in [0, 0.1) is 18.3 Å². The van der Waals surface area contributed by atoms with Crippen LogP contribution in [0.5, 0.6) is 0 Å². The molecule has 0 fully saturated rings. The Balaban J connectivity index is 1.74. The van der Waals surface area contributed by atoms with Gasteiger partial charge in [0.15, 0.2) is 0 Å². The Bertz CT molecular complexity index is 1270. The maximum atomic E-state index is 11.5. The highest BCUT2D eigenvalue weighted by Gasteiger charge is 2.14. The number of carbonyl (C=O) groups excluding carboxylic acids is 1. The number of anilines is 3. The topological polar surface area (TPSA) is 106 Å². The maximum absolute atomic E-state index is 11.5.